The fourth-order valence-corrected chi connectivity index (χ4v) is 3.86. The lowest BCUT2D eigenvalue weighted by Gasteiger charge is -2.18. The highest BCUT2D eigenvalue weighted by Crippen LogP contribution is 2.24. The van der Waals surface area contributed by atoms with E-state index in [1.807, 2.05) is 48.5 Å². The molecule has 4 aromatic rings. The molecule has 2 aromatic carbocycles. The maximum Gasteiger partial charge on any atom is 0.278 e. The summed E-state index contributed by atoms with van der Waals surface area (Å²) in [6.07, 6.45) is 3.83. The molecule has 1 amide bonds. The first kappa shape index (κ1) is 18.6. The van der Waals surface area contributed by atoms with Crippen LogP contribution in [-0.2, 0) is 11.2 Å². The fourth-order valence-electron chi connectivity index (χ4n) is 3.46. The summed E-state index contributed by atoms with van der Waals surface area (Å²) in [6, 6.07) is 19.2. The monoisotopic (exact) mass is 460 g/mol. The van der Waals surface area contributed by atoms with Crippen LogP contribution in [0.3, 0.4) is 0 Å². The van der Waals surface area contributed by atoms with Crippen molar-refractivity contribution < 1.29 is 9.21 Å². The van der Waals surface area contributed by atoms with E-state index < -0.39 is 0 Å². The zero-order valence-corrected chi connectivity index (χ0v) is 17.5. The normalized spacial score (nSPS) is 15.4. The Morgan fingerprint density at radius 3 is 2.80 bits per heavy atom. The van der Waals surface area contributed by atoms with Crippen molar-refractivity contribution in [3.63, 3.8) is 0 Å². The van der Waals surface area contributed by atoms with Crippen LogP contribution < -0.4 is 0 Å². The van der Waals surface area contributed by atoms with Crippen molar-refractivity contribution in [2.24, 2.45) is 4.99 Å². The van der Waals surface area contributed by atoms with E-state index in [0.29, 0.717) is 30.3 Å². The van der Waals surface area contributed by atoms with Gasteiger partial charge in [0.1, 0.15) is 23.1 Å². The van der Waals surface area contributed by atoms with Gasteiger partial charge in [0.15, 0.2) is 0 Å². The van der Waals surface area contributed by atoms with Crippen molar-refractivity contribution >= 4 is 44.8 Å². The van der Waals surface area contributed by atoms with Gasteiger partial charge in [-0.2, -0.15) is 0 Å². The highest BCUT2D eigenvalue weighted by molar-refractivity contribution is 9.10. The minimum absolute atomic E-state index is 0.155. The van der Waals surface area contributed by atoms with Crippen LogP contribution in [0.1, 0.15) is 17.1 Å². The molecule has 0 spiro atoms. The Balaban J connectivity index is 1.46. The molecule has 0 atom stereocenters. The van der Waals surface area contributed by atoms with Gasteiger partial charge < -0.3 is 9.40 Å². The van der Waals surface area contributed by atoms with Gasteiger partial charge >= 0.3 is 0 Å². The van der Waals surface area contributed by atoms with E-state index in [2.05, 4.69) is 30.9 Å². The SMILES string of the molecule is O=C1C(=Cc2ccco2)N=C(c2cccc(Br)c2)N1CCc1nc2ccccc2[nH]1. The van der Waals surface area contributed by atoms with Crippen LogP contribution in [0.2, 0.25) is 0 Å². The second-order valence-electron chi connectivity index (χ2n) is 6.90. The molecule has 0 bridgehead atoms. The number of fused-ring (bicyclic) bond motifs is 1. The number of aromatic nitrogens is 2. The molecule has 0 saturated carbocycles. The molecule has 5 rings (SSSR count). The van der Waals surface area contributed by atoms with Gasteiger partial charge in [0, 0.05) is 29.1 Å². The molecule has 6 nitrogen and oxygen atoms in total. The van der Waals surface area contributed by atoms with Crippen LogP contribution in [0.25, 0.3) is 17.1 Å². The van der Waals surface area contributed by atoms with Crippen molar-refractivity contribution in [2.45, 2.75) is 6.42 Å². The second kappa shape index (κ2) is 7.76. The average Bonchev–Trinajstić information content (AvgIpc) is 3.47. The zero-order chi connectivity index (χ0) is 20.5. The highest BCUT2D eigenvalue weighted by Gasteiger charge is 2.31. The van der Waals surface area contributed by atoms with Crippen molar-refractivity contribution in [3.8, 4) is 0 Å². The Kier molecular flexibility index (Phi) is 4.80. The van der Waals surface area contributed by atoms with Crippen LogP contribution in [0.5, 0.6) is 0 Å². The summed E-state index contributed by atoms with van der Waals surface area (Å²) >= 11 is 3.50. The number of amidine groups is 1. The smallest absolute Gasteiger partial charge is 0.278 e. The van der Waals surface area contributed by atoms with Crippen LogP contribution in [-0.4, -0.2) is 33.2 Å². The third kappa shape index (κ3) is 3.59. The molecule has 0 aliphatic carbocycles. The minimum Gasteiger partial charge on any atom is -0.465 e. The molecule has 0 fully saturated rings. The summed E-state index contributed by atoms with van der Waals surface area (Å²) in [5.41, 5.74) is 3.12. The second-order valence-corrected chi connectivity index (χ2v) is 7.81. The van der Waals surface area contributed by atoms with Gasteiger partial charge in [-0.1, -0.05) is 40.2 Å². The van der Waals surface area contributed by atoms with E-state index in [0.717, 1.165) is 26.9 Å². The number of carbonyl (C=O) groups excluding carboxylic acids is 1. The number of hydrogen-bond acceptors (Lipinski definition) is 4. The lowest BCUT2D eigenvalue weighted by molar-refractivity contribution is -0.122. The molecule has 148 valence electrons. The van der Waals surface area contributed by atoms with Gasteiger partial charge in [-0.05, 0) is 36.4 Å². The first-order chi connectivity index (χ1) is 14.7. The van der Waals surface area contributed by atoms with Crippen LogP contribution in [0.15, 0.2) is 86.5 Å². The molecular formula is C23H17BrN4O2. The summed E-state index contributed by atoms with van der Waals surface area (Å²) in [4.78, 5) is 27.4. The Labute approximate surface area is 181 Å². The summed E-state index contributed by atoms with van der Waals surface area (Å²) in [5, 5.41) is 0. The maximum atomic E-state index is 13.2. The number of aromatic amines is 1. The molecule has 0 saturated heterocycles. The Hall–Kier alpha value is -3.45. The zero-order valence-electron chi connectivity index (χ0n) is 15.9. The third-order valence-corrected chi connectivity index (χ3v) is 5.36. The van der Waals surface area contributed by atoms with Crippen LogP contribution in [0.4, 0.5) is 0 Å². The first-order valence-electron chi connectivity index (χ1n) is 9.53. The van der Waals surface area contributed by atoms with Crippen molar-refractivity contribution in [3.05, 3.63) is 94.2 Å². The number of amides is 1. The number of para-hydroxylation sites is 2. The van der Waals surface area contributed by atoms with E-state index in [9.17, 15) is 4.79 Å². The molecule has 3 heterocycles. The number of hydrogen-bond donors (Lipinski definition) is 1. The standard InChI is InChI=1S/C23H17BrN4O2/c24-16-6-3-5-15(13-16)22-27-20(14-17-7-4-12-30-17)23(29)28(22)11-10-21-25-18-8-1-2-9-19(18)26-21/h1-9,12-14H,10-11H2,(H,25,26). The summed E-state index contributed by atoms with van der Waals surface area (Å²) < 4.78 is 6.29. The first-order valence-corrected chi connectivity index (χ1v) is 10.3. The lowest BCUT2D eigenvalue weighted by atomic mass is 10.2. The Morgan fingerprint density at radius 1 is 1.10 bits per heavy atom. The van der Waals surface area contributed by atoms with Gasteiger partial charge in [-0.3, -0.25) is 9.69 Å². The van der Waals surface area contributed by atoms with E-state index in [4.69, 9.17) is 4.42 Å². The molecule has 0 unspecified atom stereocenters. The van der Waals surface area contributed by atoms with Gasteiger partial charge in [0.2, 0.25) is 0 Å². The summed E-state index contributed by atoms with van der Waals surface area (Å²) in [7, 11) is 0. The Morgan fingerprint density at radius 2 is 2.00 bits per heavy atom. The number of aliphatic imine (C=N–C) groups is 1. The number of nitrogens with one attached hydrogen (secondary N) is 1. The molecular weight excluding hydrogens is 444 g/mol. The molecule has 30 heavy (non-hydrogen) atoms. The lowest BCUT2D eigenvalue weighted by Crippen LogP contribution is -2.34. The average molecular weight is 461 g/mol. The van der Waals surface area contributed by atoms with Gasteiger partial charge in [-0.15, -0.1) is 0 Å². The van der Waals surface area contributed by atoms with E-state index in [1.54, 1.807) is 29.4 Å². The molecule has 1 aliphatic rings. The number of benzene rings is 2. The summed E-state index contributed by atoms with van der Waals surface area (Å²) in [6.45, 7) is 0.458. The van der Waals surface area contributed by atoms with Gasteiger partial charge in [0.05, 0.1) is 17.3 Å². The van der Waals surface area contributed by atoms with E-state index in [-0.39, 0.29) is 5.91 Å². The van der Waals surface area contributed by atoms with Gasteiger partial charge in [0.25, 0.3) is 5.91 Å². The summed E-state index contributed by atoms with van der Waals surface area (Å²) in [5.74, 6) is 1.89. The molecule has 1 N–H and O–H groups in total. The number of nitrogens with zero attached hydrogens (tertiary/aromatic N) is 3. The van der Waals surface area contributed by atoms with E-state index in [1.165, 1.54) is 0 Å². The third-order valence-electron chi connectivity index (χ3n) is 4.86. The molecule has 1 aliphatic heterocycles. The number of H-pyrrole nitrogens is 1. The fraction of sp³-hybridized carbons (Fsp3) is 0.0870. The largest absolute Gasteiger partial charge is 0.465 e. The number of imidazole rings is 1. The van der Waals surface area contributed by atoms with Crippen molar-refractivity contribution in [2.75, 3.05) is 6.54 Å². The molecule has 2 aromatic heterocycles. The van der Waals surface area contributed by atoms with Crippen molar-refractivity contribution in [1.29, 1.82) is 0 Å². The topological polar surface area (TPSA) is 74.5 Å². The number of halogens is 1. The molecule has 7 heteroatoms. The maximum absolute atomic E-state index is 13.2. The quantitative estimate of drug-likeness (QED) is 0.435. The van der Waals surface area contributed by atoms with E-state index >= 15 is 0 Å². The van der Waals surface area contributed by atoms with Gasteiger partial charge in [-0.25, -0.2) is 9.98 Å². The number of furan rings is 1. The Bertz CT molecular complexity index is 1250. The predicted molar refractivity (Wildman–Crippen MR) is 119 cm³/mol. The number of rotatable bonds is 5. The number of carbonyl (C=O) groups is 1. The van der Waals surface area contributed by atoms with Crippen LogP contribution >= 0.6 is 15.9 Å². The van der Waals surface area contributed by atoms with Crippen molar-refractivity contribution in [1.82, 2.24) is 14.9 Å². The van der Waals surface area contributed by atoms with Crippen LogP contribution in [0, 0.1) is 0 Å². The highest BCUT2D eigenvalue weighted by atomic mass is 79.9. The molecule has 0 radical (unpaired) electrons. The minimum atomic E-state index is -0.155. The predicted octanol–water partition coefficient (Wildman–Crippen LogP) is 4.79.